The minimum Gasteiger partial charge on any atom is -0.287 e. The molecule has 90 valence electrons. The van der Waals surface area contributed by atoms with Crippen molar-refractivity contribution in [2.75, 3.05) is 0 Å². The fourth-order valence-corrected chi connectivity index (χ4v) is 1.65. The Bertz CT molecular complexity index is 609. The largest absolute Gasteiger partial charge is 0.287 e. The molecule has 18 heavy (non-hydrogen) atoms. The highest BCUT2D eigenvalue weighted by molar-refractivity contribution is 6.08. The van der Waals surface area contributed by atoms with Gasteiger partial charge in [-0.2, -0.15) is 0 Å². The van der Waals surface area contributed by atoms with Gasteiger partial charge < -0.3 is 0 Å². The van der Waals surface area contributed by atoms with Crippen molar-refractivity contribution < 1.29 is 9.72 Å². The third-order valence-electron chi connectivity index (χ3n) is 2.56. The molecule has 5 heteroatoms. The molecule has 1 aromatic heterocycles. The van der Waals surface area contributed by atoms with Crippen LogP contribution >= 0.6 is 0 Å². The van der Waals surface area contributed by atoms with Crippen molar-refractivity contribution in [3.63, 3.8) is 0 Å². The zero-order chi connectivity index (χ0) is 13.1. The van der Waals surface area contributed by atoms with Gasteiger partial charge in [0.2, 0.25) is 5.78 Å². The van der Waals surface area contributed by atoms with E-state index in [0.29, 0.717) is 16.8 Å². The molecule has 5 nitrogen and oxygen atoms in total. The van der Waals surface area contributed by atoms with E-state index in [1.807, 2.05) is 0 Å². The van der Waals surface area contributed by atoms with Crippen LogP contribution in [0.4, 0.5) is 5.69 Å². The molecule has 0 radical (unpaired) electrons. The van der Waals surface area contributed by atoms with Gasteiger partial charge in [-0.25, -0.2) is 0 Å². The van der Waals surface area contributed by atoms with Gasteiger partial charge in [-0.1, -0.05) is 6.07 Å². The van der Waals surface area contributed by atoms with E-state index in [9.17, 15) is 14.9 Å². The molecule has 0 unspecified atom stereocenters. The summed E-state index contributed by atoms with van der Waals surface area (Å²) in [6, 6.07) is 9.23. The van der Waals surface area contributed by atoms with Crippen LogP contribution in [0.1, 0.15) is 21.6 Å². The number of pyridine rings is 1. The van der Waals surface area contributed by atoms with Gasteiger partial charge in [-0.05, 0) is 30.7 Å². The fraction of sp³-hybridized carbons (Fsp3) is 0.0769. The number of carbonyl (C=O) groups is 1. The monoisotopic (exact) mass is 242 g/mol. The van der Waals surface area contributed by atoms with E-state index < -0.39 is 4.92 Å². The van der Waals surface area contributed by atoms with Crippen LogP contribution in [0.5, 0.6) is 0 Å². The Labute approximate surface area is 103 Å². The Kier molecular flexibility index (Phi) is 3.14. The number of nitrogens with zero attached hydrogens (tertiary/aromatic N) is 2. The van der Waals surface area contributed by atoms with Gasteiger partial charge in [0.05, 0.1) is 4.92 Å². The molecule has 0 spiro atoms. The van der Waals surface area contributed by atoms with Gasteiger partial charge in [0.15, 0.2) is 0 Å². The zero-order valence-electron chi connectivity index (χ0n) is 9.66. The van der Waals surface area contributed by atoms with Crippen LogP contribution in [0, 0.1) is 17.0 Å². The van der Waals surface area contributed by atoms with Crippen LogP contribution in [0.15, 0.2) is 42.6 Å². The Balaban J connectivity index is 2.41. The second-order valence-corrected chi connectivity index (χ2v) is 3.80. The fourth-order valence-electron chi connectivity index (χ4n) is 1.65. The van der Waals surface area contributed by atoms with E-state index in [0.717, 1.165) is 0 Å². The highest BCUT2D eigenvalue weighted by atomic mass is 16.6. The molecule has 0 saturated carbocycles. The second-order valence-electron chi connectivity index (χ2n) is 3.80. The topological polar surface area (TPSA) is 73.1 Å². The predicted octanol–water partition coefficient (Wildman–Crippen LogP) is 2.53. The first-order valence-corrected chi connectivity index (χ1v) is 5.30. The lowest BCUT2D eigenvalue weighted by Gasteiger charge is -2.04. The lowest BCUT2D eigenvalue weighted by molar-refractivity contribution is -0.384. The Hall–Kier alpha value is -2.56. The molecule has 0 aliphatic heterocycles. The number of benzene rings is 1. The smallest absolute Gasteiger partial charge is 0.269 e. The Morgan fingerprint density at radius 3 is 2.61 bits per heavy atom. The van der Waals surface area contributed by atoms with Crippen molar-refractivity contribution in [2.45, 2.75) is 6.92 Å². The number of carbonyl (C=O) groups excluding carboxylic acids is 1. The van der Waals surface area contributed by atoms with Crippen molar-refractivity contribution in [1.82, 2.24) is 4.98 Å². The summed E-state index contributed by atoms with van der Waals surface area (Å²) in [5.74, 6) is -0.233. The number of hydrogen-bond acceptors (Lipinski definition) is 4. The SMILES string of the molecule is Cc1cc([N+](=O)[O-])ccc1C(=O)c1ccccn1. The van der Waals surface area contributed by atoms with Crippen LogP contribution in [0.3, 0.4) is 0 Å². The molecular weight excluding hydrogens is 232 g/mol. The first-order valence-electron chi connectivity index (χ1n) is 5.30. The van der Waals surface area contributed by atoms with E-state index in [2.05, 4.69) is 4.98 Å². The lowest BCUT2D eigenvalue weighted by Crippen LogP contribution is -2.06. The molecule has 0 bridgehead atoms. The second kappa shape index (κ2) is 4.75. The van der Waals surface area contributed by atoms with E-state index in [1.54, 1.807) is 25.1 Å². The summed E-state index contributed by atoms with van der Waals surface area (Å²) in [6.45, 7) is 1.67. The Morgan fingerprint density at radius 1 is 1.28 bits per heavy atom. The van der Waals surface area contributed by atoms with Gasteiger partial charge in [-0.3, -0.25) is 19.9 Å². The molecule has 2 aromatic rings. The van der Waals surface area contributed by atoms with Crippen LogP contribution in [-0.2, 0) is 0 Å². The van der Waals surface area contributed by atoms with Crippen LogP contribution in [-0.4, -0.2) is 15.7 Å². The average molecular weight is 242 g/mol. The minimum atomic E-state index is -0.484. The molecule has 0 N–H and O–H groups in total. The standard InChI is InChI=1S/C13H10N2O3/c1-9-8-10(15(17)18)5-6-11(9)13(16)12-4-2-3-7-14-12/h2-8H,1H3. The number of nitro groups is 1. The summed E-state index contributed by atoms with van der Waals surface area (Å²) in [4.78, 5) is 26.2. The third kappa shape index (κ3) is 2.24. The predicted molar refractivity (Wildman–Crippen MR) is 65.5 cm³/mol. The first-order chi connectivity index (χ1) is 8.59. The maximum atomic E-state index is 12.1. The third-order valence-corrected chi connectivity index (χ3v) is 2.56. The van der Waals surface area contributed by atoms with Gasteiger partial charge in [-0.15, -0.1) is 0 Å². The number of hydrogen-bond donors (Lipinski definition) is 0. The van der Waals surface area contributed by atoms with Gasteiger partial charge in [0.25, 0.3) is 5.69 Å². The molecule has 1 aromatic carbocycles. The Morgan fingerprint density at radius 2 is 2.06 bits per heavy atom. The zero-order valence-corrected chi connectivity index (χ0v) is 9.66. The summed E-state index contributed by atoms with van der Waals surface area (Å²) in [5, 5.41) is 10.6. The highest BCUT2D eigenvalue weighted by Gasteiger charge is 2.15. The average Bonchev–Trinajstić information content (AvgIpc) is 2.38. The van der Waals surface area contributed by atoms with E-state index >= 15 is 0 Å². The number of nitro benzene ring substituents is 1. The number of aromatic nitrogens is 1. The molecule has 0 aliphatic carbocycles. The summed E-state index contributed by atoms with van der Waals surface area (Å²) in [5.41, 5.74) is 1.30. The molecule has 0 aliphatic rings. The van der Waals surface area contributed by atoms with E-state index in [-0.39, 0.29) is 11.5 Å². The van der Waals surface area contributed by atoms with Crippen molar-refractivity contribution in [1.29, 1.82) is 0 Å². The minimum absolute atomic E-state index is 0.0231. The van der Waals surface area contributed by atoms with Gasteiger partial charge >= 0.3 is 0 Å². The van der Waals surface area contributed by atoms with Gasteiger partial charge in [0.1, 0.15) is 5.69 Å². The van der Waals surface area contributed by atoms with Crippen molar-refractivity contribution in [2.24, 2.45) is 0 Å². The summed E-state index contributed by atoms with van der Waals surface area (Å²) >= 11 is 0. The highest BCUT2D eigenvalue weighted by Crippen LogP contribution is 2.19. The first kappa shape index (κ1) is 11.9. The van der Waals surface area contributed by atoms with E-state index in [4.69, 9.17) is 0 Å². The molecule has 1 heterocycles. The number of ketones is 1. The quantitative estimate of drug-likeness (QED) is 0.471. The van der Waals surface area contributed by atoms with Crippen LogP contribution < -0.4 is 0 Å². The van der Waals surface area contributed by atoms with Crippen molar-refractivity contribution in [3.8, 4) is 0 Å². The number of rotatable bonds is 3. The normalized spacial score (nSPS) is 10.1. The number of aryl methyl sites for hydroxylation is 1. The van der Waals surface area contributed by atoms with E-state index in [1.165, 1.54) is 24.4 Å². The number of non-ortho nitro benzene ring substituents is 1. The lowest BCUT2D eigenvalue weighted by atomic mass is 10.0. The molecule has 0 amide bonds. The maximum Gasteiger partial charge on any atom is 0.269 e. The molecule has 0 atom stereocenters. The van der Waals surface area contributed by atoms with Crippen molar-refractivity contribution >= 4 is 11.5 Å². The maximum absolute atomic E-state index is 12.1. The van der Waals surface area contributed by atoms with Gasteiger partial charge in [0, 0.05) is 23.9 Å². The molecule has 0 saturated heterocycles. The molecule has 2 rings (SSSR count). The molecule has 0 fully saturated rings. The van der Waals surface area contributed by atoms with Crippen LogP contribution in [0.2, 0.25) is 0 Å². The van der Waals surface area contributed by atoms with Crippen molar-refractivity contribution in [3.05, 3.63) is 69.5 Å². The molecular formula is C13H10N2O3. The van der Waals surface area contributed by atoms with Crippen LogP contribution in [0.25, 0.3) is 0 Å². The summed E-state index contributed by atoms with van der Waals surface area (Å²) in [7, 11) is 0. The summed E-state index contributed by atoms with van der Waals surface area (Å²) in [6.07, 6.45) is 1.54. The summed E-state index contributed by atoms with van der Waals surface area (Å²) < 4.78 is 0.